The third kappa shape index (κ3) is 4.25. The zero-order chi connectivity index (χ0) is 18.1. The smallest absolute Gasteiger partial charge is 0.325 e. The molecular formula is C18H30F2N2O2. The molecule has 138 valence electrons. The van der Waals surface area contributed by atoms with E-state index in [-0.39, 0.29) is 17.2 Å². The average Bonchev–Trinajstić information content (AvgIpc) is 2.42. The van der Waals surface area contributed by atoms with Crippen LogP contribution in [0, 0.1) is 17.3 Å². The molecule has 2 heterocycles. The number of carbonyl (C=O) groups is 2. The molecule has 2 rings (SSSR count). The van der Waals surface area contributed by atoms with Gasteiger partial charge in [0.2, 0.25) is 5.91 Å². The van der Waals surface area contributed by atoms with Crippen molar-refractivity contribution in [2.75, 3.05) is 26.2 Å². The van der Waals surface area contributed by atoms with Gasteiger partial charge in [0, 0.05) is 44.4 Å². The molecule has 6 heteroatoms. The monoisotopic (exact) mass is 344 g/mol. The number of carbonyl (C=O) groups excluding carboxylic acids is 2. The summed E-state index contributed by atoms with van der Waals surface area (Å²) in [5.41, 5.74) is 0.0384. The molecule has 0 aliphatic carbocycles. The molecule has 0 saturated carbocycles. The number of amides is 2. The third-order valence-corrected chi connectivity index (χ3v) is 5.08. The van der Waals surface area contributed by atoms with Crippen LogP contribution in [0.15, 0.2) is 0 Å². The van der Waals surface area contributed by atoms with Crippen LogP contribution in [0.5, 0.6) is 0 Å². The van der Waals surface area contributed by atoms with Gasteiger partial charge in [0.25, 0.3) is 5.91 Å². The van der Waals surface area contributed by atoms with Gasteiger partial charge >= 0.3 is 5.92 Å². The maximum Gasteiger partial charge on any atom is 0.325 e. The maximum absolute atomic E-state index is 14.0. The van der Waals surface area contributed by atoms with Gasteiger partial charge in [0.15, 0.2) is 0 Å². The first-order valence-corrected chi connectivity index (χ1v) is 9.00. The number of nitrogens with zero attached hydrogens (tertiary/aromatic N) is 2. The average molecular weight is 344 g/mol. The SMILES string of the molecule is CC(C)CC(=O)N1CC2(CCN(C(=O)C(F)(F)CC(C)C)CC2)C1. The lowest BCUT2D eigenvalue weighted by atomic mass is 9.71. The largest absolute Gasteiger partial charge is 0.341 e. The van der Waals surface area contributed by atoms with Crippen LogP contribution in [0.25, 0.3) is 0 Å². The standard InChI is InChI=1S/C18H30F2N2O2/c1-13(2)9-15(23)22-11-17(12-22)5-7-21(8-6-17)16(24)18(19,20)10-14(3)4/h13-14H,5-12H2,1-4H3. The molecular weight excluding hydrogens is 314 g/mol. The molecule has 2 aliphatic heterocycles. The van der Waals surface area contributed by atoms with E-state index in [4.69, 9.17) is 0 Å². The Morgan fingerprint density at radius 3 is 2.00 bits per heavy atom. The van der Waals surface area contributed by atoms with Crippen LogP contribution in [-0.4, -0.2) is 53.7 Å². The molecule has 2 aliphatic rings. The molecule has 2 amide bonds. The van der Waals surface area contributed by atoms with E-state index in [2.05, 4.69) is 0 Å². The number of likely N-dealkylation sites (tertiary alicyclic amines) is 2. The maximum atomic E-state index is 14.0. The van der Waals surface area contributed by atoms with Crippen molar-refractivity contribution in [1.29, 1.82) is 0 Å². The van der Waals surface area contributed by atoms with Gasteiger partial charge in [0.1, 0.15) is 0 Å². The molecule has 0 radical (unpaired) electrons. The number of hydrogen-bond acceptors (Lipinski definition) is 2. The number of piperidine rings is 1. The van der Waals surface area contributed by atoms with Gasteiger partial charge in [-0.1, -0.05) is 27.7 Å². The lowest BCUT2D eigenvalue weighted by molar-refractivity contribution is -0.166. The number of alkyl halides is 2. The minimum Gasteiger partial charge on any atom is -0.341 e. The van der Waals surface area contributed by atoms with Crippen molar-refractivity contribution in [1.82, 2.24) is 9.80 Å². The van der Waals surface area contributed by atoms with Gasteiger partial charge < -0.3 is 9.80 Å². The van der Waals surface area contributed by atoms with Crippen molar-refractivity contribution in [3.8, 4) is 0 Å². The van der Waals surface area contributed by atoms with Crippen molar-refractivity contribution in [2.24, 2.45) is 17.3 Å². The lowest BCUT2D eigenvalue weighted by Gasteiger charge is -2.54. The van der Waals surface area contributed by atoms with Gasteiger partial charge in [0.05, 0.1) is 0 Å². The summed E-state index contributed by atoms with van der Waals surface area (Å²) in [7, 11) is 0. The Morgan fingerprint density at radius 1 is 1.00 bits per heavy atom. The highest BCUT2D eigenvalue weighted by atomic mass is 19.3. The Labute approximate surface area is 143 Å². The van der Waals surface area contributed by atoms with Crippen LogP contribution in [-0.2, 0) is 9.59 Å². The number of hydrogen-bond donors (Lipinski definition) is 0. The van der Waals surface area contributed by atoms with E-state index in [9.17, 15) is 18.4 Å². The van der Waals surface area contributed by atoms with Crippen molar-refractivity contribution in [2.45, 2.75) is 59.3 Å². The minimum atomic E-state index is -3.27. The fourth-order valence-corrected chi connectivity index (χ4v) is 3.75. The molecule has 24 heavy (non-hydrogen) atoms. The Balaban J connectivity index is 1.82. The van der Waals surface area contributed by atoms with Crippen LogP contribution in [0.3, 0.4) is 0 Å². The summed E-state index contributed by atoms with van der Waals surface area (Å²) in [6, 6.07) is 0. The highest BCUT2D eigenvalue weighted by molar-refractivity contribution is 5.83. The Hall–Kier alpha value is -1.20. The Bertz CT molecular complexity index is 475. The first kappa shape index (κ1) is 19.1. The van der Waals surface area contributed by atoms with E-state index in [1.165, 1.54) is 4.90 Å². The number of rotatable bonds is 5. The molecule has 0 N–H and O–H groups in total. The summed E-state index contributed by atoms with van der Waals surface area (Å²) >= 11 is 0. The fraction of sp³-hybridized carbons (Fsp3) is 0.889. The molecule has 1 spiro atoms. The van der Waals surface area contributed by atoms with Crippen LogP contribution in [0.4, 0.5) is 8.78 Å². The van der Waals surface area contributed by atoms with Crippen molar-refractivity contribution in [3.63, 3.8) is 0 Å². The second kappa shape index (κ2) is 6.96. The van der Waals surface area contributed by atoms with Crippen LogP contribution < -0.4 is 0 Å². The van der Waals surface area contributed by atoms with E-state index in [0.717, 1.165) is 0 Å². The van der Waals surface area contributed by atoms with Crippen molar-refractivity contribution >= 4 is 11.8 Å². The highest BCUT2D eigenvalue weighted by Crippen LogP contribution is 2.41. The van der Waals surface area contributed by atoms with Crippen LogP contribution in [0.1, 0.15) is 53.4 Å². The van der Waals surface area contributed by atoms with Gasteiger partial charge in [-0.15, -0.1) is 0 Å². The molecule has 0 aromatic heterocycles. The quantitative estimate of drug-likeness (QED) is 0.769. The zero-order valence-electron chi connectivity index (χ0n) is 15.3. The van der Waals surface area contributed by atoms with Crippen molar-refractivity contribution < 1.29 is 18.4 Å². The highest BCUT2D eigenvalue weighted by Gasteiger charge is 2.49. The van der Waals surface area contributed by atoms with E-state index in [0.29, 0.717) is 51.4 Å². The van der Waals surface area contributed by atoms with E-state index in [1.807, 2.05) is 18.7 Å². The first-order valence-electron chi connectivity index (χ1n) is 9.00. The molecule has 0 unspecified atom stereocenters. The summed E-state index contributed by atoms with van der Waals surface area (Å²) in [4.78, 5) is 27.3. The van der Waals surface area contributed by atoms with Crippen LogP contribution >= 0.6 is 0 Å². The topological polar surface area (TPSA) is 40.6 Å². The Kier molecular flexibility index (Phi) is 5.55. The van der Waals surface area contributed by atoms with Crippen LogP contribution in [0.2, 0.25) is 0 Å². The van der Waals surface area contributed by atoms with Gasteiger partial charge in [-0.2, -0.15) is 8.78 Å². The molecule has 4 nitrogen and oxygen atoms in total. The summed E-state index contributed by atoms with van der Waals surface area (Å²) in [6.07, 6.45) is 1.58. The summed E-state index contributed by atoms with van der Waals surface area (Å²) in [5, 5.41) is 0. The first-order chi connectivity index (χ1) is 11.0. The molecule has 0 atom stereocenters. The summed E-state index contributed by atoms with van der Waals surface area (Å²) < 4.78 is 28.0. The molecule has 2 saturated heterocycles. The zero-order valence-corrected chi connectivity index (χ0v) is 15.3. The van der Waals surface area contributed by atoms with Gasteiger partial charge in [-0.3, -0.25) is 9.59 Å². The molecule has 2 fully saturated rings. The summed E-state index contributed by atoms with van der Waals surface area (Å²) in [5.74, 6) is -3.99. The molecule has 0 bridgehead atoms. The predicted molar refractivity (Wildman–Crippen MR) is 88.7 cm³/mol. The molecule has 0 aromatic carbocycles. The van der Waals surface area contributed by atoms with Crippen molar-refractivity contribution in [3.05, 3.63) is 0 Å². The minimum absolute atomic E-state index is 0.0384. The Morgan fingerprint density at radius 2 is 1.54 bits per heavy atom. The third-order valence-electron chi connectivity index (χ3n) is 5.08. The van der Waals surface area contributed by atoms with Gasteiger partial charge in [-0.05, 0) is 24.7 Å². The fourth-order valence-electron chi connectivity index (χ4n) is 3.75. The van der Waals surface area contributed by atoms with E-state index >= 15 is 0 Å². The lowest BCUT2D eigenvalue weighted by Crippen LogP contribution is -2.63. The number of halogens is 2. The van der Waals surface area contributed by atoms with E-state index in [1.54, 1.807) is 13.8 Å². The predicted octanol–water partition coefficient (Wildman–Crippen LogP) is 3.16. The summed E-state index contributed by atoms with van der Waals surface area (Å²) in [6.45, 7) is 9.61. The second-order valence-corrected chi connectivity index (χ2v) is 8.44. The normalized spacial score (nSPS) is 20.7. The second-order valence-electron chi connectivity index (χ2n) is 8.44. The van der Waals surface area contributed by atoms with Gasteiger partial charge in [-0.25, -0.2) is 0 Å². The molecule has 0 aromatic rings. The van der Waals surface area contributed by atoms with E-state index < -0.39 is 18.3 Å².